The third-order valence-corrected chi connectivity index (χ3v) is 6.72. The fourth-order valence-electron chi connectivity index (χ4n) is 4.07. The van der Waals surface area contributed by atoms with E-state index < -0.39 is 0 Å². The predicted molar refractivity (Wildman–Crippen MR) is 102 cm³/mol. The second-order valence-electron chi connectivity index (χ2n) is 7.08. The summed E-state index contributed by atoms with van der Waals surface area (Å²) in [4.78, 5) is 7.79. The molecule has 3 aromatic rings. The molecule has 128 valence electrons. The Kier molecular flexibility index (Phi) is 3.84. The van der Waals surface area contributed by atoms with Crippen LogP contribution in [-0.4, -0.2) is 21.3 Å². The smallest absolute Gasteiger partial charge is 0.221 e. The molecular weight excluding hydrogens is 348 g/mol. The molecule has 1 aromatic carbocycles. The Bertz CT molecular complexity index is 936. The van der Waals surface area contributed by atoms with E-state index in [1.165, 1.54) is 25.8 Å². The lowest BCUT2D eigenvalue weighted by Gasteiger charge is -2.32. The van der Waals surface area contributed by atoms with Crippen molar-refractivity contribution < 1.29 is 4.90 Å². The number of H-pyrrole nitrogens is 1. The van der Waals surface area contributed by atoms with Crippen molar-refractivity contribution in [1.82, 2.24) is 14.8 Å². The van der Waals surface area contributed by atoms with Gasteiger partial charge >= 0.3 is 0 Å². The normalized spacial score (nSPS) is 22.7. The molecule has 25 heavy (non-hydrogen) atoms. The lowest BCUT2D eigenvalue weighted by molar-refractivity contribution is -0.958. The van der Waals surface area contributed by atoms with Gasteiger partial charge in [0.2, 0.25) is 4.77 Å². The van der Waals surface area contributed by atoms with Crippen LogP contribution in [0.3, 0.4) is 0 Å². The maximum Gasteiger partial charge on any atom is 0.221 e. The maximum absolute atomic E-state index is 5.53. The summed E-state index contributed by atoms with van der Waals surface area (Å²) < 4.78 is 2.71. The van der Waals surface area contributed by atoms with E-state index in [4.69, 9.17) is 12.2 Å². The van der Waals surface area contributed by atoms with Crippen molar-refractivity contribution in [1.29, 1.82) is 0 Å². The Balaban J connectivity index is 1.44. The molecule has 1 aliphatic heterocycles. The van der Waals surface area contributed by atoms with Crippen LogP contribution in [0.25, 0.3) is 11.4 Å². The lowest BCUT2D eigenvalue weighted by atomic mass is 9.96. The maximum atomic E-state index is 5.53. The van der Waals surface area contributed by atoms with E-state index in [0.29, 0.717) is 10.8 Å². The first-order valence-electron chi connectivity index (χ1n) is 8.93. The SMILES string of the molecule is S=c1nc(-c2ccccc2)[nH]n1C[NH+]1CCc2sccc2[C@@H]1C1CC1. The highest BCUT2D eigenvalue weighted by molar-refractivity contribution is 7.71. The number of thiophene rings is 1. The molecule has 0 bridgehead atoms. The average Bonchev–Trinajstić information content (AvgIpc) is 3.24. The van der Waals surface area contributed by atoms with E-state index in [1.807, 2.05) is 29.5 Å². The summed E-state index contributed by atoms with van der Waals surface area (Å²) >= 11 is 7.46. The van der Waals surface area contributed by atoms with Crippen LogP contribution >= 0.6 is 23.6 Å². The standard InChI is InChI=1S/C19H20N4S2/c24-19-20-18(14-4-2-1-3-5-14)21-23(19)12-22-10-8-16-15(9-11-25-16)17(22)13-6-7-13/h1-5,9,11,13,17H,6-8,10,12H2,(H,20,21,24)/p+1/t17-/m0/s1. The number of nitrogens with zero attached hydrogens (tertiary/aromatic N) is 2. The molecule has 2 aliphatic rings. The fourth-order valence-corrected chi connectivity index (χ4v) is 5.20. The van der Waals surface area contributed by atoms with Gasteiger partial charge in [-0.25, -0.2) is 4.68 Å². The molecular formula is C19H21N4S2+. The van der Waals surface area contributed by atoms with Crippen molar-refractivity contribution >= 4 is 23.6 Å². The molecule has 1 unspecified atom stereocenters. The van der Waals surface area contributed by atoms with E-state index in [1.54, 1.807) is 15.3 Å². The van der Waals surface area contributed by atoms with E-state index in [0.717, 1.165) is 24.0 Å². The van der Waals surface area contributed by atoms with Crippen molar-refractivity contribution in [3.8, 4) is 11.4 Å². The summed E-state index contributed by atoms with van der Waals surface area (Å²) in [5.41, 5.74) is 2.67. The molecule has 4 nitrogen and oxygen atoms in total. The zero-order chi connectivity index (χ0) is 16.8. The number of rotatable bonds is 4. The van der Waals surface area contributed by atoms with Crippen molar-refractivity contribution in [2.24, 2.45) is 5.92 Å². The first-order chi connectivity index (χ1) is 12.3. The van der Waals surface area contributed by atoms with E-state index >= 15 is 0 Å². The van der Waals surface area contributed by atoms with Gasteiger partial charge in [0.25, 0.3) is 0 Å². The summed E-state index contributed by atoms with van der Waals surface area (Å²) in [7, 11) is 0. The van der Waals surface area contributed by atoms with Gasteiger partial charge in [0, 0.05) is 28.3 Å². The second-order valence-corrected chi connectivity index (χ2v) is 8.45. The molecule has 1 saturated carbocycles. The first kappa shape index (κ1) is 15.5. The lowest BCUT2D eigenvalue weighted by Crippen LogP contribution is -3.13. The predicted octanol–water partition coefficient (Wildman–Crippen LogP) is 3.22. The van der Waals surface area contributed by atoms with Crippen LogP contribution in [0.15, 0.2) is 41.8 Å². The molecule has 2 aromatic heterocycles. The zero-order valence-corrected chi connectivity index (χ0v) is 15.6. The summed E-state index contributed by atoms with van der Waals surface area (Å²) in [6.07, 6.45) is 3.92. The molecule has 0 spiro atoms. The van der Waals surface area contributed by atoms with Gasteiger partial charge in [-0.15, -0.1) is 11.3 Å². The molecule has 2 N–H and O–H groups in total. The highest BCUT2D eigenvalue weighted by atomic mass is 32.1. The third kappa shape index (κ3) is 2.88. The van der Waals surface area contributed by atoms with Crippen LogP contribution in [0.5, 0.6) is 0 Å². The number of aromatic nitrogens is 3. The monoisotopic (exact) mass is 369 g/mol. The van der Waals surface area contributed by atoms with E-state index in [-0.39, 0.29) is 0 Å². The summed E-state index contributed by atoms with van der Waals surface area (Å²) in [5.74, 6) is 1.70. The minimum absolute atomic E-state index is 0.625. The van der Waals surface area contributed by atoms with Gasteiger partial charge in [-0.1, -0.05) is 30.3 Å². The number of hydrogen-bond acceptors (Lipinski definition) is 3. The minimum atomic E-state index is 0.625. The second kappa shape index (κ2) is 6.20. The zero-order valence-electron chi connectivity index (χ0n) is 13.9. The van der Waals surface area contributed by atoms with Crippen LogP contribution in [0, 0.1) is 10.7 Å². The largest absolute Gasteiger partial charge is 0.310 e. The van der Waals surface area contributed by atoms with Gasteiger partial charge < -0.3 is 4.90 Å². The molecule has 0 saturated heterocycles. The van der Waals surface area contributed by atoms with Crippen molar-refractivity contribution in [2.75, 3.05) is 6.54 Å². The van der Waals surface area contributed by atoms with Crippen LogP contribution in [0.2, 0.25) is 0 Å². The summed E-state index contributed by atoms with van der Waals surface area (Å²) in [6.45, 7) is 2.05. The minimum Gasteiger partial charge on any atom is -0.310 e. The first-order valence-corrected chi connectivity index (χ1v) is 10.2. The average molecular weight is 370 g/mol. The van der Waals surface area contributed by atoms with E-state index in [2.05, 4.69) is 38.3 Å². The molecule has 2 atom stereocenters. The van der Waals surface area contributed by atoms with Gasteiger partial charge in [-0.3, -0.25) is 5.10 Å². The Morgan fingerprint density at radius 1 is 1.24 bits per heavy atom. The molecule has 5 rings (SSSR count). The quantitative estimate of drug-likeness (QED) is 0.693. The summed E-state index contributed by atoms with van der Waals surface area (Å²) in [5, 5.41) is 5.69. The summed E-state index contributed by atoms with van der Waals surface area (Å²) in [6, 6.07) is 13.2. The molecule has 6 heteroatoms. The number of benzene rings is 1. The van der Waals surface area contributed by atoms with Gasteiger partial charge in [0.15, 0.2) is 12.5 Å². The topological polar surface area (TPSA) is 38.0 Å². The van der Waals surface area contributed by atoms with Crippen molar-refractivity contribution in [2.45, 2.75) is 32.0 Å². The number of aromatic amines is 1. The molecule has 3 heterocycles. The number of hydrogen-bond donors (Lipinski definition) is 2. The van der Waals surface area contributed by atoms with Gasteiger partial charge in [0.05, 0.1) is 6.54 Å². The fraction of sp³-hybridized carbons (Fsp3) is 0.368. The molecule has 0 amide bonds. The molecule has 0 radical (unpaired) electrons. The molecule has 1 fully saturated rings. The highest BCUT2D eigenvalue weighted by Gasteiger charge is 2.43. The van der Waals surface area contributed by atoms with Gasteiger partial charge in [0.1, 0.15) is 6.04 Å². The van der Waals surface area contributed by atoms with Crippen molar-refractivity contribution in [3.05, 3.63) is 57.0 Å². The Labute approximate surface area is 156 Å². The Morgan fingerprint density at radius 3 is 2.88 bits per heavy atom. The third-order valence-electron chi connectivity index (χ3n) is 5.41. The van der Waals surface area contributed by atoms with Crippen LogP contribution in [-0.2, 0) is 13.1 Å². The Morgan fingerprint density at radius 2 is 2.08 bits per heavy atom. The molecule has 1 aliphatic carbocycles. The van der Waals surface area contributed by atoms with E-state index in [9.17, 15) is 0 Å². The number of fused-ring (bicyclic) bond motifs is 1. The van der Waals surface area contributed by atoms with Crippen LogP contribution in [0.1, 0.15) is 29.3 Å². The number of quaternary nitrogens is 1. The van der Waals surface area contributed by atoms with Gasteiger partial charge in [-0.2, -0.15) is 4.98 Å². The van der Waals surface area contributed by atoms with Crippen LogP contribution < -0.4 is 4.90 Å². The number of nitrogens with one attached hydrogen (secondary N) is 2. The Hall–Kier alpha value is -1.76. The van der Waals surface area contributed by atoms with Crippen molar-refractivity contribution in [3.63, 3.8) is 0 Å². The highest BCUT2D eigenvalue weighted by Crippen LogP contribution is 2.42. The van der Waals surface area contributed by atoms with Crippen LogP contribution in [0.4, 0.5) is 0 Å². The van der Waals surface area contributed by atoms with Gasteiger partial charge in [-0.05, 0) is 36.5 Å².